The van der Waals surface area contributed by atoms with Crippen molar-refractivity contribution in [2.75, 3.05) is 13.2 Å². The highest BCUT2D eigenvalue weighted by Gasteiger charge is 2.67. The number of hydrogen-bond donors (Lipinski definition) is 0. The number of amides is 1. The largest absolute Gasteiger partial charge is 0.465 e. The zero-order chi connectivity index (χ0) is 16.7. The van der Waals surface area contributed by atoms with Gasteiger partial charge in [-0.15, -0.1) is 0 Å². The molecule has 5 heteroatoms. The van der Waals surface area contributed by atoms with Crippen LogP contribution in [0.1, 0.15) is 51.9 Å². The lowest BCUT2D eigenvalue weighted by Crippen LogP contribution is -2.42. The minimum atomic E-state index is -0.590. The van der Waals surface area contributed by atoms with E-state index in [4.69, 9.17) is 9.47 Å². The van der Waals surface area contributed by atoms with Crippen molar-refractivity contribution < 1.29 is 19.1 Å². The predicted octanol–water partition coefficient (Wildman–Crippen LogP) is 2.44. The van der Waals surface area contributed by atoms with Crippen LogP contribution in [0.2, 0.25) is 0 Å². The molecule has 0 aromatic heterocycles. The molecule has 1 aliphatic carbocycles. The monoisotopic (exact) mass is 333 g/mol. The minimum absolute atomic E-state index is 0.103. The second kappa shape index (κ2) is 6.17. The summed E-state index contributed by atoms with van der Waals surface area (Å²) in [5, 5.41) is 0. The van der Waals surface area contributed by atoms with E-state index in [9.17, 15) is 9.59 Å². The summed E-state index contributed by atoms with van der Waals surface area (Å²) < 4.78 is 11.6. The van der Waals surface area contributed by atoms with Crippen molar-refractivity contribution in [1.29, 1.82) is 0 Å². The molecule has 132 valence electrons. The number of hydrogen-bond acceptors (Lipinski definition) is 4. The molecule has 3 aliphatic heterocycles. The molecule has 2 bridgehead atoms. The zero-order valence-corrected chi connectivity index (χ0v) is 14.4. The molecule has 0 aromatic carbocycles. The number of likely N-dealkylation sites (tertiary alicyclic amines) is 1. The summed E-state index contributed by atoms with van der Waals surface area (Å²) in [5.41, 5.74) is -0.590. The van der Waals surface area contributed by atoms with Gasteiger partial charge in [0.15, 0.2) is 0 Å². The standard InChI is InChI=1S/C19H27NO4/c1-2-3-11-23-18(22)15-14-9-10-19(24-14)12-20(17(21)16(15)19)13-7-5-4-6-8-13/h9-10,13-16H,2-8,11-12H2,1H3/t14-,15+,16+,19-/m1/s1. The van der Waals surface area contributed by atoms with Crippen LogP contribution in [-0.4, -0.2) is 47.7 Å². The van der Waals surface area contributed by atoms with Gasteiger partial charge in [0.25, 0.3) is 0 Å². The molecule has 4 rings (SSSR count). The highest BCUT2D eigenvalue weighted by molar-refractivity contribution is 5.91. The third-order valence-electron chi connectivity index (χ3n) is 6.16. The Morgan fingerprint density at radius 3 is 2.92 bits per heavy atom. The lowest BCUT2D eigenvalue weighted by atomic mass is 9.77. The SMILES string of the molecule is CCCCOC(=O)[C@@H]1[C@H]2C(=O)N(C3CCCCC3)C[C@]23C=C[C@H]1O3. The molecule has 3 fully saturated rings. The van der Waals surface area contributed by atoms with E-state index in [-0.39, 0.29) is 23.9 Å². The van der Waals surface area contributed by atoms with E-state index < -0.39 is 11.5 Å². The molecular formula is C19H27NO4. The fourth-order valence-corrected chi connectivity index (χ4v) is 4.91. The molecule has 2 saturated heterocycles. The quantitative estimate of drug-likeness (QED) is 0.440. The van der Waals surface area contributed by atoms with Gasteiger partial charge in [-0.05, 0) is 19.3 Å². The van der Waals surface area contributed by atoms with E-state index in [0.717, 1.165) is 25.7 Å². The summed E-state index contributed by atoms with van der Waals surface area (Å²) in [6.07, 6.45) is 11.3. The van der Waals surface area contributed by atoms with E-state index in [0.29, 0.717) is 19.2 Å². The van der Waals surface area contributed by atoms with Crippen molar-refractivity contribution in [2.45, 2.75) is 69.6 Å². The van der Waals surface area contributed by atoms with Gasteiger partial charge < -0.3 is 14.4 Å². The lowest BCUT2D eigenvalue weighted by molar-refractivity contribution is -0.154. The summed E-state index contributed by atoms with van der Waals surface area (Å²) >= 11 is 0. The average molecular weight is 333 g/mol. The molecule has 5 nitrogen and oxygen atoms in total. The Morgan fingerprint density at radius 1 is 1.38 bits per heavy atom. The first-order valence-corrected chi connectivity index (χ1v) is 9.50. The summed E-state index contributed by atoms with van der Waals surface area (Å²) in [6, 6.07) is 0.319. The van der Waals surface area contributed by atoms with E-state index in [1.807, 2.05) is 17.1 Å². The van der Waals surface area contributed by atoms with Crippen LogP contribution in [0, 0.1) is 11.8 Å². The number of esters is 1. The van der Waals surface area contributed by atoms with Crippen LogP contribution in [-0.2, 0) is 19.1 Å². The second-order valence-corrected chi connectivity index (χ2v) is 7.68. The molecule has 1 saturated carbocycles. The summed E-state index contributed by atoms with van der Waals surface area (Å²) in [4.78, 5) is 27.7. The van der Waals surface area contributed by atoms with Crippen molar-refractivity contribution in [2.24, 2.45) is 11.8 Å². The molecule has 3 heterocycles. The van der Waals surface area contributed by atoms with Crippen LogP contribution in [0.4, 0.5) is 0 Å². The molecule has 4 aliphatic rings. The summed E-state index contributed by atoms with van der Waals surface area (Å²) in [5.74, 6) is -1.01. The number of rotatable bonds is 5. The third-order valence-corrected chi connectivity index (χ3v) is 6.16. The number of carbonyl (C=O) groups is 2. The van der Waals surface area contributed by atoms with Crippen LogP contribution in [0.15, 0.2) is 12.2 Å². The molecular weight excluding hydrogens is 306 g/mol. The number of unbranched alkanes of at least 4 members (excludes halogenated alkanes) is 1. The maximum absolute atomic E-state index is 13.1. The van der Waals surface area contributed by atoms with Crippen molar-refractivity contribution in [3.05, 3.63) is 12.2 Å². The second-order valence-electron chi connectivity index (χ2n) is 7.68. The summed E-state index contributed by atoms with van der Waals surface area (Å²) in [6.45, 7) is 3.10. The van der Waals surface area contributed by atoms with Gasteiger partial charge in [0.2, 0.25) is 5.91 Å². The van der Waals surface area contributed by atoms with Crippen molar-refractivity contribution in [3.8, 4) is 0 Å². The van der Waals surface area contributed by atoms with Crippen molar-refractivity contribution in [1.82, 2.24) is 4.90 Å². The topological polar surface area (TPSA) is 55.8 Å². The molecule has 1 spiro atoms. The van der Waals surface area contributed by atoms with Gasteiger partial charge >= 0.3 is 5.97 Å². The van der Waals surface area contributed by atoms with Crippen LogP contribution in [0.3, 0.4) is 0 Å². The third kappa shape index (κ3) is 2.40. The number of ether oxygens (including phenoxy) is 2. The van der Waals surface area contributed by atoms with Crippen LogP contribution < -0.4 is 0 Å². The number of fused-ring (bicyclic) bond motifs is 1. The van der Waals surface area contributed by atoms with Crippen LogP contribution in [0.5, 0.6) is 0 Å². The van der Waals surface area contributed by atoms with Crippen LogP contribution in [0.25, 0.3) is 0 Å². The van der Waals surface area contributed by atoms with Gasteiger partial charge in [-0.2, -0.15) is 0 Å². The van der Waals surface area contributed by atoms with E-state index in [1.54, 1.807) is 0 Å². The Kier molecular flexibility index (Phi) is 4.15. The Labute approximate surface area is 143 Å². The Morgan fingerprint density at radius 2 is 2.17 bits per heavy atom. The molecule has 0 unspecified atom stereocenters. The maximum atomic E-state index is 13.1. The Hall–Kier alpha value is -1.36. The molecule has 0 radical (unpaired) electrons. The van der Waals surface area contributed by atoms with E-state index in [2.05, 4.69) is 6.92 Å². The Bertz CT molecular complexity index is 554. The normalized spacial score (nSPS) is 38.0. The molecule has 0 aromatic rings. The van der Waals surface area contributed by atoms with Gasteiger partial charge in [-0.25, -0.2) is 0 Å². The van der Waals surface area contributed by atoms with Gasteiger partial charge in [0.1, 0.15) is 11.5 Å². The maximum Gasteiger partial charge on any atom is 0.312 e. The molecule has 0 N–H and O–H groups in total. The predicted molar refractivity (Wildman–Crippen MR) is 88.2 cm³/mol. The molecule has 24 heavy (non-hydrogen) atoms. The van der Waals surface area contributed by atoms with Gasteiger partial charge in [0, 0.05) is 6.04 Å². The van der Waals surface area contributed by atoms with Gasteiger partial charge in [-0.1, -0.05) is 44.8 Å². The zero-order valence-electron chi connectivity index (χ0n) is 14.4. The lowest BCUT2D eigenvalue weighted by Gasteiger charge is -2.32. The highest BCUT2D eigenvalue weighted by atomic mass is 16.6. The smallest absolute Gasteiger partial charge is 0.312 e. The van der Waals surface area contributed by atoms with Gasteiger partial charge in [0.05, 0.1) is 25.2 Å². The first-order chi connectivity index (χ1) is 11.7. The first kappa shape index (κ1) is 16.1. The van der Waals surface area contributed by atoms with Gasteiger partial charge in [-0.3, -0.25) is 9.59 Å². The van der Waals surface area contributed by atoms with Crippen molar-refractivity contribution >= 4 is 11.9 Å². The molecule has 1 amide bonds. The molecule has 4 atom stereocenters. The minimum Gasteiger partial charge on any atom is -0.465 e. The average Bonchev–Trinajstić information content (AvgIpc) is 3.24. The first-order valence-electron chi connectivity index (χ1n) is 9.50. The summed E-state index contributed by atoms with van der Waals surface area (Å²) in [7, 11) is 0. The van der Waals surface area contributed by atoms with Crippen LogP contribution >= 0.6 is 0 Å². The van der Waals surface area contributed by atoms with E-state index in [1.165, 1.54) is 19.3 Å². The van der Waals surface area contributed by atoms with Crippen molar-refractivity contribution in [3.63, 3.8) is 0 Å². The Balaban J connectivity index is 1.52. The van der Waals surface area contributed by atoms with E-state index >= 15 is 0 Å². The number of carbonyl (C=O) groups excluding carboxylic acids is 2. The number of nitrogens with zero attached hydrogens (tertiary/aromatic N) is 1. The fourth-order valence-electron chi connectivity index (χ4n) is 4.91. The fraction of sp³-hybridized carbons (Fsp3) is 0.789. The highest BCUT2D eigenvalue weighted by Crippen LogP contribution is 2.53.